The lowest BCUT2D eigenvalue weighted by atomic mass is 10.0. The van der Waals surface area contributed by atoms with Gasteiger partial charge in [0.15, 0.2) is 0 Å². The fourth-order valence-electron chi connectivity index (χ4n) is 7.55. The molecule has 0 fully saturated rings. The highest BCUT2D eigenvalue weighted by Gasteiger charge is 2.24. The van der Waals surface area contributed by atoms with Gasteiger partial charge >= 0.3 is 5.97 Å². The Hall–Kier alpha value is -2.44. The Morgan fingerprint density at radius 2 is 0.917 bits per heavy atom. The number of rotatable bonds is 45. The first-order valence-electron chi connectivity index (χ1n) is 25.6. The molecule has 3 atom stereocenters. The topological polar surface area (TPSA) is 95.9 Å². The minimum atomic E-state index is -0.796. The van der Waals surface area contributed by atoms with Crippen LogP contribution < -0.4 is 5.32 Å². The van der Waals surface area contributed by atoms with Gasteiger partial charge < -0.3 is 20.3 Å². The van der Waals surface area contributed by atoms with Gasteiger partial charge in [0.1, 0.15) is 6.10 Å². The second-order valence-electron chi connectivity index (χ2n) is 17.3. The molecule has 0 aromatic rings. The number of unbranched alkanes of at least 4 members (excludes halogenated alkanes) is 26. The third-order valence-corrected chi connectivity index (χ3v) is 11.4. The SMILES string of the molecule is CC/C=C/C=C/C=C/C=C\CCCCCCCC(=O)OC(CCCCC/C=C/CCCCCCCCCCC)CC(=O)NC(CO)C(O)CCCCCCCCCCCC. The number of carbonyl (C=O) groups is 2. The maximum atomic E-state index is 13.2. The first kappa shape index (κ1) is 57.6. The fourth-order valence-corrected chi connectivity index (χ4v) is 7.55. The van der Waals surface area contributed by atoms with Crippen molar-refractivity contribution in [3.05, 3.63) is 60.8 Å². The molecular formula is C54H97NO5. The van der Waals surface area contributed by atoms with Crippen LogP contribution in [0.1, 0.15) is 245 Å². The average molecular weight is 840 g/mol. The molecule has 6 heteroatoms. The largest absolute Gasteiger partial charge is 0.462 e. The van der Waals surface area contributed by atoms with E-state index in [9.17, 15) is 19.8 Å². The van der Waals surface area contributed by atoms with Gasteiger partial charge in [0.25, 0.3) is 0 Å². The van der Waals surface area contributed by atoms with Crippen LogP contribution in [0.5, 0.6) is 0 Å². The van der Waals surface area contributed by atoms with Crippen molar-refractivity contribution in [2.75, 3.05) is 6.61 Å². The van der Waals surface area contributed by atoms with E-state index >= 15 is 0 Å². The van der Waals surface area contributed by atoms with E-state index in [-0.39, 0.29) is 24.9 Å². The zero-order chi connectivity index (χ0) is 43.8. The molecule has 0 rings (SSSR count). The predicted molar refractivity (Wildman–Crippen MR) is 259 cm³/mol. The standard InChI is InChI=1S/C54H97NO5/c1-4-7-10-13-16-19-22-24-26-28-29-31-33-36-39-42-45-50(60-54(59)47-44-41-38-35-32-30-27-25-23-20-17-14-11-8-5-2)48-53(58)55-51(49-56)52(57)46-43-40-37-34-21-18-15-12-9-6-3/h8,11,14,17,20,23,25,27,29,31,50-52,56-57H,4-7,9-10,12-13,15-16,18-19,21-22,24,26,28,30,32-49H2,1-3H3,(H,55,58)/b11-8+,17-14+,23-20+,27-25-,31-29+. The second-order valence-corrected chi connectivity index (χ2v) is 17.3. The molecule has 0 bridgehead atoms. The lowest BCUT2D eigenvalue weighted by Gasteiger charge is -2.24. The minimum absolute atomic E-state index is 0.0563. The van der Waals surface area contributed by atoms with E-state index in [1.165, 1.54) is 103 Å². The van der Waals surface area contributed by atoms with Crippen molar-refractivity contribution in [3.63, 3.8) is 0 Å². The Kier molecular flexibility index (Phi) is 45.7. The van der Waals surface area contributed by atoms with Gasteiger partial charge in [0.05, 0.1) is 25.2 Å². The quantitative estimate of drug-likeness (QED) is 0.0246. The number of carbonyl (C=O) groups excluding carboxylic acids is 2. The van der Waals surface area contributed by atoms with Crippen LogP contribution in [0.4, 0.5) is 0 Å². The molecule has 0 aromatic heterocycles. The third-order valence-electron chi connectivity index (χ3n) is 11.4. The van der Waals surface area contributed by atoms with Crippen LogP contribution in [0.3, 0.4) is 0 Å². The highest BCUT2D eigenvalue weighted by atomic mass is 16.5. The summed E-state index contributed by atoms with van der Waals surface area (Å²) in [5.74, 6) is -0.514. The number of aliphatic hydroxyl groups is 2. The number of amides is 1. The van der Waals surface area contributed by atoms with E-state index in [0.29, 0.717) is 19.3 Å². The summed E-state index contributed by atoms with van der Waals surface area (Å²) >= 11 is 0. The molecule has 0 aliphatic heterocycles. The maximum Gasteiger partial charge on any atom is 0.306 e. The van der Waals surface area contributed by atoms with Gasteiger partial charge in [-0.25, -0.2) is 0 Å². The van der Waals surface area contributed by atoms with Crippen molar-refractivity contribution in [1.29, 1.82) is 0 Å². The molecule has 0 heterocycles. The summed E-state index contributed by atoms with van der Waals surface area (Å²) in [6.07, 6.45) is 58.5. The van der Waals surface area contributed by atoms with Gasteiger partial charge in [-0.15, -0.1) is 0 Å². The van der Waals surface area contributed by atoms with Gasteiger partial charge in [0, 0.05) is 6.42 Å². The zero-order valence-corrected chi connectivity index (χ0v) is 39.6. The molecule has 6 nitrogen and oxygen atoms in total. The van der Waals surface area contributed by atoms with Crippen molar-refractivity contribution < 1.29 is 24.5 Å². The summed E-state index contributed by atoms with van der Waals surface area (Å²) in [6.45, 7) is 6.33. The van der Waals surface area contributed by atoms with E-state index in [4.69, 9.17) is 4.74 Å². The lowest BCUT2D eigenvalue weighted by Crippen LogP contribution is -2.46. The number of hydrogen-bond donors (Lipinski definition) is 3. The summed E-state index contributed by atoms with van der Waals surface area (Å²) in [5.41, 5.74) is 0. The smallest absolute Gasteiger partial charge is 0.306 e. The van der Waals surface area contributed by atoms with Crippen LogP contribution in [0.2, 0.25) is 0 Å². The van der Waals surface area contributed by atoms with E-state index < -0.39 is 18.2 Å². The van der Waals surface area contributed by atoms with Crippen LogP contribution in [0, 0.1) is 0 Å². The van der Waals surface area contributed by atoms with Crippen molar-refractivity contribution in [2.45, 2.75) is 264 Å². The number of nitrogens with one attached hydrogen (secondary N) is 1. The van der Waals surface area contributed by atoms with Crippen molar-refractivity contribution >= 4 is 11.9 Å². The molecule has 348 valence electrons. The van der Waals surface area contributed by atoms with Crippen molar-refractivity contribution in [3.8, 4) is 0 Å². The Morgan fingerprint density at radius 3 is 1.43 bits per heavy atom. The van der Waals surface area contributed by atoms with Gasteiger partial charge in [0.2, 0.25) is 5.91 Å². The van der Waals surface area contributed by atoms with Crippen LogP contribution >= 0.6 is 0 Å². The van der Waals surface area contributed by atoms with Crippen molar-refractivity contribution in [1.82, 2.24) is 5.32 Å². The lowest BCUT2D eigenvalue weighted by molar-refractivity contribution is -0.151. The molecule has 0 aromatic carbocycles. The first-order valence-corrected chi connectivity index (χ1v) is 25.6. The van der Waals surface area contributed by atoms with Crippen LogP contribution in [0.25, 0.3) is 0 Å². The number of aliphatic hydroxyl groups excluding tert-OH is 2. The Balaban J connectivity index is 4.65. The first-order chi connectivity index (χ1) is 29.5. The van der Waals surface area contributed by atoms with Gasteiger partial charge in [-0.05, 0) is 70.6 Å². The molecular weight excluding hydrogens is 743 g/mol. The Labute approximate surface area is 371 Å². The second kappa shape index (κ2) is 47.6. The normalized spacial score (nSPS) is 13.8. The molecule has 3 N–H and O–H groups in total. The molecule has 0 aliphatic carbocycles. The predicted octanol–water partition coefficient (Wildman–Crippen LogP) is 15.2. The van der Waals surface area contributed by atoms with Gasteiger partial charge in [-0.3, -0.25) is 9.59 Å². The van der Waals surface area contributed by atoms with Crippen LogP contribution in [0.15, 0.2) is 60.8 Å². The van der Waals surface area contributed by atoms with E-state index in [2.05, 4.69) is 68.6 Å². The number of esters is 1. The summed E-state index contributed by atoms with van der Waals surface area (Å²) in [6, 6.07) is -0.711. The van der Waals surface area contributed by atoms with Crippen LogP contribution in [-0.2, 0) is 14.3 Å². The molecule has 60 heavy (non-hydrogen) atoms. The highest BCUT2D eigenvalue weighted by Crippen LogP contribution is 2.17. The summed E-state index contributed by atoms with van der Waals surface area (Å²) in [5, 5.41) is 23.7. The minimum Gasteiger partial charge on any atom is -0.462 e. The van der Waals surface area contributed by atoms with Gasteiger partial charge in [-0.1, -0.05) is 223 Å². The zero-order valence-electron chi connectivity index (χ0n) is 39.6. The highest BCUT2D eigenvalue weighted by molar-refractivity contribution is 5.77. The van der Waals surface area contributed by atoms with E-state index in [0.717, 1.165) is 96.3 Å². The summed E-state index contributed by atoms with van der Waals surface area (Å²) in [4.78, 5) is 26.1. The summed E-state index contributed by atoms with van der Waals surface area (Å²) in [7, 11) is 0. The number of hydrogen-bond acceptors (Lipinski definition) is 5. The molecule has 0 spiro atoms. The third kappa shape index (κ3) is 42.3. The molecule has 1 amide bonds. The number of allylic oxidation sites excluding steroid dienone is 10. The monoisotopic (exact) mass is 840 g/mol. The molecule has 0 saturated heterocycles. The number of ether oxygens (including phenoxy) is 1. The van der Waals surface area contributed by atoms with Gasteiger partial charge in [-0.2, -0.15) is 0 Å². The maximum absolute atomic E-state index is 13.2. The fraction of sp³-hybridized carbons (Fsp3) is 0.778. The molecule has 0 radical (unpaired) electrons. The van der Waals surface area contributed by atoms with E-state index in [1.54, 1.807) is 0 Å². The van der Waals surface area contributed by atoms with Crippen LogP contribution in [-0.4, -0.2) is 46.9 Å². The summed E-state index contributed by atoms with van der Waals surface area (Å²) < 4.78 is 5.92. The average Bonchev–Trinajstić information content (AvgIpc) is 3.24. The molecule has 0 saturated carbocycles. The Bertz CT molecular complexity index is 1080. The Morgan fingerprint density at radius 1 is 0.500 bits per heavy atom. The van der Waals surface area contributed by atoms with E-state index in [1.807, 2.05) is 18.2 Å². The molecule has 3 unspecified atom stereocenters. The molecule has 0 aliphatic rings. The van der Waals surface area contributed by atoms with Crippen molar-refractivity contribution in [2.24, 2.45) is 0 Å².